The summed E-state index contributed by atoms with van der Waals surface area (Å²) in [6, 6.07) is 2.45. The minimum Gasteiger partial charge on any atom is -0.481 e. The van der Waals surface area contributed by atoms with Gasteiger partial charge in [-0.25, -0.2) is 9.78 Å². The molecule has 9 N–H and O–H groups in total. The van der Waals surface area contributed by atoms with Gasteiger partial charge in [0.05, 0.1) is 12.4 Å². The van der Waals surface area contributed by atoms with Gasteiger partial charge in [0.15, 0.2) is 0 Å². The molecule has 2 aromatic heterocycles. The zero-order valence-electron chi connectivity index (χ0n) is 21.1. The number of hydrogen-bond donors (Lipinski definition) is 8. The number of nitrogens with one attached hydrogen (secondary N) is 5. The lowest BCUT2D eigenvalue weighted by Gasteiger charge is -2.24. The second-order valence-corrected chi connectivity index (χ2v) is 9.09. The molecule has 3 amide bonds. The number of carbonyl (C=O) groups is 5. The van der Waals surface area contributed by atoms with Crippen LogP contribution in [0.25, 0.3) is 10.9 Å². The lowest BCUT2D eigenvalue weighted by Crippen LogP contribution is -2.57. The molecule has 0 saturated heterocycles. The molecule has 4 atom stereocenters. The Hall–Kier alpha value is -4.72. The standard InChI is InChI=1S/C25H31N7O7/c1-13(26)22(35)30-18(6-7-21(33)34)23(36)31-19(8-14-10-28-17-5-3-2-4-16(14)17)24(37)32-20(25(38)39)9-15-11-27-12-29-15/h2-5,10-13,18-20,28H,6-9,26H2,1H3,(H,27,29)(H,30,35)(H,31,36)(H,32,37)(H,33,34)(H,38,39). The van der Waals surface area contributed by atoms with Gasteiger partial charge >= 0.3 is 11.9 Å². The Morgan fingerprint density at radius 1 is 0.923 bits per heavy atom. The van der Waals surface area contributed by atoms with Crippen molar-refractivity contribution >= 4 is 40.6 Å². The first-order valence-electron chi connectivity index (χ1n) is 12.2. The number of nitrogens with zero attached hydrogens (tertiary/aromatic N) is 1. The number of H-pyrrole nitrogens is 2. The van der Waals surface area contributed by atoms with E-state index in [9.17, 15) is 29.1 Å². The van der Waals surface area contributed by atoms with E-state index in [1.165, 1.54) is 19.4 Å². The molecule has 14 heteroatoms. The van der Waals surface area contributed by atoms with Gasteiger partial charge in [-0.2, -0.15) is 0 Å². The van der Waals surface area contributed by atoms with Crippen molar-refractivity contribution in [3.63, 3.8) is 0 Å². The second-order valence-electron chi connectivity index (χ2n) is 9.09. The highest BCUT2D eigenvalue weighted by Gasteiger charge is 2.31. The van der Waals surface area contributed by atoms with Gasteiger partial charge in [-0.15, -0.1) is 0 Å². The van der Waals surface area contributed by atoms with Crippen molar-refractivity contribution < 1.29 is 34.2 Å². The number of carboxylic acid groups (broad SMARTS) is 2. The van der Waals surface area contributed by atoms with Crippen LogP contribution in [0.2, 0.25) is 0 Å². The highest BCUT2D eigenvalue weighted by molar-refractivity contribution is 5.95. The topological polar surface area (TPSA) is 232 Å². The highest BCUT2D eigenvalue weighted by atomic mass is 16.4. The number of nitrogens with two attached hydrogens (primary N) is 1. The van der Waals surface area contributed by atoms with Crippen LogP contribution in [0.15, 0.2) is 43.0 Å². The quantitative estimate of drug-likeness (QED) is 0.130. The fourth-order valence-electron chi connectivity index (χ4n) is 3.93. The zero-order chi connectivity index (χ0) is 28.5. The fraction of sp³-hybridized carbons (Fsp3) is 0.360. The molecule has 3 aromatic rings. The van der Waals surface area contributed by atoms with Crippen molar-refractivity contribution in [1.82, 2.24) is 30.9 Å². The Labute approximate surface area is 222 Å². The molecule has 208 valence electrons. The summed E-state index contributed by atoms with van der Waals surface area (Å²) in [6.45, 7) is 1.40. The molecule has 1 aromatic carbocycles. The fourth-order valence-corrected chi connectivity index (χ4v) is 3.93. The predicted octanol–water partition coefficient (Wildman–Crippen LogP) is -0.573. The van der Waals surface area contributed by atoms with Crippen LogP contribution in [0.3, 0.4) is 0 Å². The zero-order valence-corrected chi connectivity index (χ0v) is 21.1. The normalized spacial score (nSPS) is 14.1. The van der Waals surface area contributed by atoms with Crippen LogP contribution >= 0.6 is 0 Å². The number of aromatic amines is 2. The molecule has 2 heterocycles. The first kappa shape index (κ1) is 28.8. The smallest absolute Gasteiger partial charge is 0.326 e. The lowest BCUT2D eigenvalue weighted by atomic mass is 10.0. The average molecular weight is 542 g/mol. The van der Waals surface area contributed by atoms with Crippen LogP contribution < -0.4 is 21.7 Å². The van der Waals surface area contributed by atoms with Gasteiger partial charge in [0, 0.05) is 48.3 Å². The number of benzene rings is 1. The Balaban J connectivity index is 1.86. The summed E-state index contributed by atoms with van der Waals surface area (Å²) in [7, 11) is 0. The number of aromatic nitrogens is 3. The van der Waals surface area contributed by atoms with Crippen LogP contribution in [0.1, 0.15) is 31.0 Å². The van der Waals surface area contributed by atoms with E-state index in [1.807, 2.05) is 24.3 Å². The Morgan fingerprint density at radius 3 is 2.23 bits per heavy atom. The highest BCUT2D eigenvalue weighted by Crippen LogP contribution is 2.19. The minimum absolute atomic E-state index is 0.0229. The molecule has 0 spiro atoms. The second kappa shape index (κ2) is 13.2. The van der Waals surface area contributed by atoms with Crippen LogP contribution in [0.4, 0.5) is 0 Å². The van der Waals surface area contributed by atoms with E-state index in [-0.39, 0.29) is 19.3 Å². The van der Waals surface area contributed by atoms with Crippen LogP contribution in [0.5, 0.6) is 0 Å². The molecular formula is C25H31N7O7. The number of carboxylic acids is 2. The van der Waals surface area contributed by atoms with E-state index in [2.05, 4.69) is 30.9 Å². The molecule has 14 nitrogen and oxygen atoms in total. The molecular weight excluding hydrogens is 510 g/mol. The molecule has 0 saturated carbocycles. The minimum atomic E-state index is -1.33. The van der Waals surface area contributed by atoms with Gasteiger partial charge < -0.3 is 41.9 Å². The van der Waals surface area contributed by atoms with Crippen LogP contribution in [-0.4, -0.2) is 79.0 Å². The number of imidazole rings is 1. The Bertz CT molecular complexity index is 1320. The maximum atomic E-state index is 13.4. The number of carbonyl (C=O) groups excluding carboxylic acids is 3. The number of amides is 3. The molecule has 0 radical (unpaired) electrons. The van der Waals surface area contributed by atoms with Crippen LogP contribution in [-0.2, 0) is 36.8 Å². The largest absolute Gasteiger partial charge is 0.481 e. The molecule has 0 aliphatic carbocycles. The summed E-state index contributed by atoms with van der Waals surface area (Å²) in [4.78, 5) is 71.5. The van der Waals surface area contributed by atoms with Crippen molar-refractivity contribution in [3.05, 3.63) is 54.2 Å². The Kier molecular flexibility index (Phi) is 9.75. The SMILES string of the molecule is CC(N)C(=O)NC(CCC(=O)O)C(=O)NC(Cc1c[nH]c2ccccc12)C(=O)NC(Cc1cnc[nH]1)C(=O)O. The van der Waals surface area contributed by atoms with Gasteiger partial charge in [0.1, 0.15) is 18.1 Å². The Morgan fingerprint density at radius 2 is 1.59 bits per heavy atom. The third-order valence-corrected chi connectivity index (χ3v) is 6.02. The van der Waals surface area contributed by atoms with E-state index >= 15 is 0 Å². The van der Waals surface area contributed by atoms with Crippen molar-refractivity contribution in [2.75, 3.05) is 0 Å². The number of hydrogen-bond acceptors (Lipinski definition) is 7. The monoisotopic (exact) mass is 541 g/mol. The van der Waals surface area contributed by atoms with Crippen molar-refractivity contribution in [2.24, 2.45) is 5.73 Å². The summed E-state index contributed by atoms with van der Waals surface area (Å²) >= 11 is 0. The van der Waals surface area contributed by atoms with Crippen LogP contribution in [0, 0.1) is 0 Å². The van der Waals surface area contributed by atoms with E-state index in [0.29, 0.717) is 11.3 Å². The molecule has 0 aliphatic rings. The molecule has 0 bridgehead atoms. The summed E-state index contributed by atoms with van der Waals surface area (Å²) in [5, 5.41) is 27.0. The molecule has 39 heavy (non-hydrogen) atoms. The van der Waals surface area contributed by atoms with Gasteiger partial charge in [0.2, 0.25) is 17.7 Å². The summed E-state index contributed by atoms with van der Waals surface area (Å²) in [5.74, 6) is -4.75. The number of para-hydroxylation sites is 1. The van der Waals surface area contributed by atoms with Gasteiger partial charge in [-0.1, -0.05) is 18.2 Å². The maximum Gasteiger partial charge on any atom is 0.326 e. The maximum absolute atomic E-state index is 13.4. The van der Waals surface area contributed by atoms with Gasteiger partial charge in [0.25, 0.3) is 0 Å². The third kappa shape index (κ3) is 8.13. The molecule has 4 unspecified atom stereocenters. The van der Waals surface area contributed by atoms with Gasteiger partial charge in [-0.3, -0.25) is 19.2 Å². The molecule has 0 aliphatic heterocycles. The number of aliphatic carboxylic acids is 2. The van der Waals surface area contributed by atoms with Gasteiger partial charge in [-0.05, 0) is 25.0 Å². The van der Waals surface area contributed by atoms with E-state index in [4.69, 9.17) is 10.8 Å². The van der Waals surface area contributed by atoms with E-state index in [0.717, 1.165) is 10.9 Å². The van der Waals surface area contributed by atoms with Crippen molar-refractivity contribution in [3.8, 4) is 0 Å². The first-order valence-corrected chi connectivity index (χ1v) is 12.2. The summed E-state index contributed by atoms with van der Waals surface area (Å²) in [5.41, 5.74) is 7.53. The molecule has 0 fully saturated rings. The van der Waals surface area contributed by atoms with E-state index < -0.39 is 60.2 Å². The third-order valence-electron chi connectivity index (χ3n) is 6.02. The first-order chi connectivity index (χ1) is 18.5. The predicted molar refractivity (Wildman–Crippen MR) is 138 cm³/mol. The molecule has 3 rings (SSSR count). The number of fused-ring (bicyclic) bond motifs is 1. The van der Waals surface area contributed by atoms with E-state index in [1.54, 1.807) is 6.20 Å². The van der Waals surface area contributed by atoms with Crippen molar-refractivity contribution in [1.29, 1.82) is 0 Å². The number of rotatable bonds is 14. The summed E-state index contributed by atoms with van der Waals surface area (Å²) in [6.07, 6.45) is 3.70. The van der Waals surface area contributed by atoms with Crippen molar-refractivity contribution in [2.45, 2.75) is 56.8 Å². The lowest BCUT2D eigenvalue weighted by molar-refractivity contribution is -0.142. The summed E-state index contributed by atoms with van der Waals surface area (Å²) < 4.78 is 0. The average Bonchev–Trinajstić information content (AvgIpc) is 3.55.